The molecule has 0 aromatic heterocycles. The number of hydrogen-bond donors (Lipinski definition) is 0. The number of rotatable bonds is 6. The first-order valence-electron chi connectivity index (χ1n) is 13.9. The SMILES string of the molecule is CC(=O)O[C@@H]1CC[C@@]2(C)[C@@H](CC[C@H]3[C@H]4CC[C@H]([C@H](C)CC[C@H](C)C(C)C)[C@]4(C)C=C[C@H]32)C1. The summed E-state index contributed by atoms with van der Waals surface area (Å²) in [7, 11) is 0. The van der Waals surface area contributed by atoms with Crippen LogP contribution in [0.3, 0.4) is 0 Å². The Bertz CT molecular complexity index is 710. The van der Waals surface area contributed by atoms with Crippen molar-refractivity contribution in [3.63, 3.8) is 0 Å². The molecule has 0 unspecified atom stereocenters. The zero-order chi connectivity index (χ0) is 23.3. The number of carbonyl (C=O) groups is 1. The molecule has 3 saturated carbocycles. The van der Waals surface area contributed by atoms with E-state index in [2.05, 4.69) is 53.7 Å². The van der Waals surface area contributed by atoms with E-state index in [-0.39, 0.29) is 12.1 Å². The maximum absolute atomic E-state index is 11.5. The van der Waals surface area contributed by atoms with Crippen LogP contribution in [0.25, 0.3) is 0 Å². The molecule has 0 aliphatic heterocycles. The quantitative estimate of drug-likeness (QED) is 0.307. The van der Waals surface area contributed by atoms with Crippen molar-refractivity contribution >= 4 is 5.97 Å². The lowest BCUT2D eigenvalue weighted by molar-refractivity contribution is -0.154. The number of carbonyl (C=O) groups excluding carboxylic acids is 1. The molecule has 4 aliphatic rings. The van der Waals surface area contributed by atoms with Gasteiger partial charge in [-0.15, -0.1) is 0 Å². The lowest BCUT2D eigenvalue weighted by Gasteiger charge is -2.59. The van der Waals surface area contributed by atoms with Gasteiger partial charge in [0.05, 0.1) is 0 Å². The van der Waals surface area contributed by atoms with Crippen LogP contribution in [0.4, 0.5) is 0 Å². The smallest absolute Gasteiger partial charge is 0.302 e. The number of ether oxygens (including phenoxy) is 1. The summed E-state index contributed by atoms with van der Waals surface area (Å²) in [5, 5.41) is 0. The molecule has 4 aliphatic carbocycles. The van der Waals surface area contributed by atoms with Crippen LogP contribution < -0.4 is 0 Å². The summed E-state index contributed by atoms with van der Waals surface area (Å²) in [6.45, 7) is 16.5. The highest BCUT2D eigenvalue weighted by Gasteiger charge is 2.59. The van der Waals surface area contributed by atoms with E-state index in [4.69, 9.17) is 4.74 Å². The molecular weight excluding hydrogens is 392 g/mol. The molecule has 0 radical (unpaired) electrons. The predicted molar refractivity (Wildman–Crippen MR) is 133 cm³/mol. The van der Waals surface area contributed by atoms with E-state index in [1.807, 2.05) is 0 Å². The molecule has 0 heterocycles. The van der Waals surface area contributed by atoms with Crippen LogP contribution in [0.2, 0.25) is 0 Å². The number of allylic oxidation sites excluding steroid dienone is 2. The molecule has 0 amide bonds. The third-order valence-electron chi connectivity index (χ3n) is 11.4. The van der Waals surface area contributed by atoms with E-state index < -0.39 is 0 Å². The maximum Gasteiger partial charge on any atom is 0.302 e. The Morgan fingerprint density at radius 2 is 1.78 bits per heavy atom. The molecule has 182 valence electrons. The Morgan fingerprint density at radius 1 is 1.03 bits per heavy atom. The number of esters is 1. The molecule has 0 N–H and O–H groups in total. The van der Waals surface area contributed by atoms with Gasteiger partial charge in [0.15, 0.2) is 0 Å². The van der Waals surface area contributed by atoms with E-state index in [0.29, 0.717) is 16.7 Å². The summed E-state index contributed by atoms with van der Waals surface area (Å²) in [4.78, 5) is 11.5. The summed E-state index contributed by atoms with van der Waals surface area (Å²) in [5.74, 6) is 6.40. The van der Waals surface area contributed by atoms with Crippen LogP contribution in [0, 0.1) is 58.2 Å². The van der Waals surface area contributed by atoms with Gasteiger partial charge in [-0.1, -0.05) is 66.5 Å². The topological polar surface area (TPSA) is 26.3 Å². The first-order valence-corrected chi connectivity index (χ1v) is 13.9. The Balaban J connectivity index is 1.48. The molecule has 0 saturated heterocycles. The average molecular weight is 443 g/mol. The van der Waals surface area contributed by atoms with Crippen LogP contribution in [-0.4, -0.2) is 12.1 Å². The lowest BCUT2D eigenvalue weighted by atomic mass is 9.46. The number of hydrogen-bond acceptors (Lipinski definition) is 2. The minimum Gasteiger partial charge on any atom is -0.463 e. The van der Waals surface area contributed by atoms with E-state index in [1.165, 1.54) is 44.9 Å². The molecule has 10 atom stereocenters. The largest absolute Gasteiger partial charge is 0.463 e. The van der Waals surface area contributed by atoms with Crippen molar-refractivity contribution in [2.45, 2.75) is 112 Å². The molecule has 0 aromatic rings. The van der Waals surface area contributed by atoms with Crippen molar-refractivity contribution in [1.29, 1.82) is 0 Å². The van der Waals surface area contributed by atoms with Crippen LogP contribution in [0.1, 0.15) is 106 Å². The van der Waals surface area contributed by atoms with Gasteiger partial charge in [0.1, 0.15) is 6.10 Å². The minimum atomic E-state index is -0.102. The van der Waals surface area contributed by atoms with Crippen molar-refractivity contribution in [2.75, 3.05) is 0 Å². The molecule has 3 fully saturated rings. The summed E-state index contributed by atoms with van der Waals surface area (Å²) in [5.41, 5.74) is 0.799. The van der Waals surface area contributed by atoms with Crippen LogP contribution in [0.5, 0.6) is 0 Å². The number of fused-ring (bicyclic) bond motifs is 5. The van der Waals surface area contributed by atoms with E-state index in [0.717, 1.165) is 54.3 Å². The standard InChI is InChI=1S/C30H50O2/c1-19(2)20(3)8-9-21(4)26-12-13-27-25-11-10-23-18-24(32-22(5)31)14-16-29(23,6)28(25)15-17-30(26,27)7/h15,17,19-21,23-28H,8-14,16,18H2,1-7H3/t20-,21+,23-,24+,25-,26+,27+,28+,29-,30-/m0/s1. The van der Waals surface area contributed by atoms with E-state index in [9.17, 15) is 4.79 Å². The van der Waals surface area contributed by atoms with Gasteiger partial charge in [0.2, 0.25) is 0 Å². The summed E-state index contributed by atoms with van der Waals surface area (Å²) < 4.78 is 5.64. The first-order chi connectivity index (χ1) is 15.1. The zero-order valence-corrected chi connectivity index (χ0v) is 22.0. The summed E-state index contributed by atoms with van der Waals surface area (Å²) >= 11 is 0. The molecular formula is C30H50O2. The monoisotopic (exact) mass is 442 g/mol. The molecule has 0 spiro atoms. The second-order valence-corrected chi connectivity index (χ2v) is 13.3. The highest BCUT2D eigenvalue weighted by molar-refractivity contribution is 5.66. The zero-order valence-electron chi connectivity index (χ0n) is 22.0. The third kappa shape index (κ3) is 4.22. The Kier molecular flexibility index (Phi) is 6.92. The highest BCUT2D eigenvalue weighted by Crippen LogP contribution is 2.66. The fourth-order valence-corrected chi connectivity index (χ4v) is 8.93. The second kappa shape index (κ2) is 9.10. The molecule has 2 heteroatoms. The van der Waals surface area contributed by atoms with Gasteiger partial charge < -0.3 is 4.74 Å². The lowest BCUT2D eigenvalue weighted by Crippen LogP contribution is -2.52. The van der Waals surface area contributed by atoms with Crippen molar-refractivity contribution in [3.8, 4) is 0 Å². The maximum atomic E-state index is 11.5. The summed E-state index contributed by atoms with van der Waals surface area (Å²) in [6.07, 6.45) is 17.3. The molecule has 2 nitrogen and oxygen atoms in total. The third-order valence-corrected chi connectivity index (χ3v) is 11.4. The van der Waals surface area contributed by atoms with Crippen molar-refractivity contribution in [2.24, 2.45) is 58.2 Å². The fraction of sp³-hybridized carbons (Fsp3) is 0.900. The highest BCUT2D eigenvalue weighted by atomic mass is 16.5. The Hall–Kier alpha value is -0.790. The molecule has 4 rings (SSSR count). The Morgan fingerprint density at radius 3 is 2.47 bits per heavy atom. The second-order valence-electron chi connectivity index (χ2n) is 13.3. The minimum absolute atomic E-state index is 0.102. The van der Waals surface area contributed by atoms with Gasteiger partial charge in [-0.25, -0.2) is 0 Å². The van der Waals surface area contributed by atoms with E-state index >= 15 is 0 Å². The van der Waals surface area contributed by atoms with Gasteiger partial charge in [-0.3, -0.25) is 4.79 Å². The van der Waals surface area contributed by atoms with Crippen molar-refractivity contribution in [1.82, 2.24) is 0 Å². The Labute approximate surface area is 198 Å². The van der Waals surface area contributed by atoms with Gasteiger partial charge in [0, 0.05) is 6.92 Å². The van der Waals surface area contributed by atoms with E-state index in [1.54, 1.807) is 6.92 Å². The van der Waals surface area contributed by atoms with Crippen molar-refractivity contribution in [3.05, 3.63) is 12.2 Å². The fourth-order valence-electron chi connectivity index (χ4n) is 8.93. The average Bonchev–Trinajstić information content (AvgIpc) is 3.08. The van der Waals surface area contributed by atoms with Crippen molar-refractivity contribution < 1.29 is 9.53 Å². The first kappa shape index (κ1) is 24.3. The molecule has 0 aromatic carbocycles. The van der Waals surface area contributed by atoms with Crippen LogP contribution >= 0.6 is 0 Å². The van der Waals surface area contributed by atoms with Crippen LogP contribution in [0.15, 0.2) is 12.2 Å². The summed E-state index contributed by atoms with van der Waals surface area (Å²) in [6, 6.07) is 0. The molecule has 32 heavy (non-hydrogen) atoms. The van der Waals surface area contributed by atoms with Gasteiger partial charge in [-0.2, -0.15) is 0 Å². The van der Waals surface area contributed by atoms with Gasteiger partial charge >= 0.3 is 5.97 Å². The van der Waals surface area contributed by atoms with Gasteiger partial charge in [-0.05, 0) is 103 Å². The molecule has 0 bridgehead atoms. The normalized spacial score (nSPS) is 45.0. The van der Waals surface area contributed by atoms with Gasteiger partial charge in [0.25, 0.3) is 0 Å². The predicted octanol–water partition coefficient (Wildman–Crippen LogP) is 8.06. The van der Waals surface area contributed by atoms with Crippen LogP contribution in [-0.2, 0) is 9.53 Å².